The van der Waals surface area contributed by atoms with Gasteiger partial charge in [0.1, 0.15) is 0 Å². The number of hydrogen-bond donors (Lipinski definition) is 2. The first-order valence-electron chi connectivity index (χ1n) is 4.97. The zero-order chi connectivity index (χ0) is 10.8. The van der Waals surface area contributed by atoms with Crippen LogP contribution in [0.1, 0.15) is 24.0 Å². The van der Waals surface area contributed by atoms with Gasteiger partial charge in [0.15, 0.2) is 0 Å². The fraction of sp³-hybridized carbons (Fsp3) is 0.750. The molecule has 0 aliphatic carbocycles. The molecule has 1 aromatic heterocycles. The Hall–Kier alpha value is -1.50. The van der Waals surface area contributed by atoms with Crippen LogP contribution in [-0.4, -0.2) is 50.6 Å². The van der Waals surface area contributed by atoms with Crippen molar-refractivity contribution in [3.63, 3.8) is 0 Å². The van der Waals surface area contributed by atoms with Crippen LogP contribution in [0.2, 0.25) is 0 Å². The fourth-order valence-corrected chi connectivity index (χ4v) is 1.98. The van der Waals surface area contributed by atoms with Gasteiger partial charge in [-0.05, 0) is 31.0 Å². The van der Waals surface area contributed by atoms with Crippen LogP contribution in [0.3, 0.4) is 0 Å². The lowest BCUT2D eigenvalue weighted by molar-refractivity contribution is 0.0731. The SMILES string of the molecule is CC1CC(CN)CN1C(=O)c1nn[nH]n1. The Morgan fingerprint density at radius 1 is 1.73 bits per heavy atom. The number of nitrogens with zero attached hydrogens (tertiary/aromatic N) is 4. The second-order valence-electron chi connectivity index (χ2n) is 3.88. The van der Waals surface area contributed by atoms with E-state index in [1.54, 1.807) is 4.90 Å². The summed E-state index contributed by atoms with van der Waals surface area (Å²) < 4.78 is 0. The van der Waals surface area contributed by atoms with Crippen molar-refractivity contribution in [3.05, 3.63) is 5.82 Å². The molecule has 0 radical (unpaired) electrons. The number of likely N-dealkylation sites (tertiary alicyclic amines) is 1. The number of rotatable bonds is 2. The summed E-state index contributed by atoms with van der Waals surface area (Å²) in [6, 6.07) is 0.199. The van der Waals surface area contributed by atoms with Gasteiger partial charge in [0.2, 0.25) is 0 Å². The molecule has 0 spiro atoms. The van der Waals surface area contributed by atoms with Crippen LogP contribution in [-0.2, 0) is 0 Å². The Morgan fingerprint density at radius 3 is 3.07 bits per heavy atom. The molecule has 1 aliphatic heterocycles. The largest absolute Gasteiger partial charge is 0.333 e. The molecule has 1 aliphatic rings. The minimum Gasteiger partial charge on any atom is -0.333 e. The summed E-state index contributed by atoms with van der Waals surface area (Å²) in [6.45, 7) is 3.30. The summed E-state index contributed by atoms with van der Waals surface area (Å²) in [5, 5.41) is 13.0. The van der Waals surface area contributed by atoms with Gasteiger partial charge in [-0.2, -0.15) is 5.21 Å². The number of nitrogens with one attached hydrogen (secondary N) is 1. The van der Waals surface area contributed by atoms with E-state index in [0.717, 1.165) is 6.42 Å². The second-order valence-corrected chi connectivity index (χ2v) is 3.88. The second kappa shape index (κ2) is 3.93. The molecule has 0 bridgehead atoms. The number of aromatic nitrogens is 4. The third-order valence-corrected chi connectivity index (χ3v) is 2.79. The molecular weight excluding hydrogens is 196 g/mol. The van der Waals surface area contributed by atoms with Gasteiger partial charge in [0.25, 0.3) is 11.7 Å². The summed E-state index contributed by atoms with van der Waals surface area (Å²) in [4.78, 5) is 13.6. The van der Waals surface area contributed by atoms with Gasteiger partial charge in [-0.1, -0.05) is 0 Å². The zero-order valence-corrected chi connectivity index (χ0v) is 8.55. The van der Waals surface area contributed by atoms with Crippen molar-refractivity contribution in [2.45, 2.75) is 19.4 Å². The Kier molecular flexibility index (Phi) is 2.63. The monoisotopic (exact) mass is 210 g/mol. The topological polar surface area (TPSA) is 101 Å². The smallest absolute Gasteiger partial charge is 0.295 e. The molecule has 1 aromatic rings. The van der Waals surface area contributed by atoms with Crippen molar-refractivity contribution in [2.75, 3.05) is 13.1 Å². The van der Waals surface area contributed by atoms with Crippen LogP contribution in [0, 0.1) is 5.92 Å². The lowest BCUT2D eigenvalue weighted by atomic mass is 10.1. The van der Waals surface area contributed by atoms with E-state index in [0.29, 0.717) is 19.0 Å². The minimum absolute atomic E-state index is 0.125. The third-order valence-electron chi connectivity index (χ3n) is 2.79. The van der Waals surface area contributed by atoms with Crippen molar-refractivity contribution in [1.29, 1.82) is 0 Å². The molecule has 1 amide bonds. The van der Waals surface area contributed by atoms with Crippen LogP contribution < -0.4 is 5.73 Å². The van der Waals surface area contributed by atoms with E-state index in [1.165, 1.54) is 0 Å². The van der Waals surface area contributed by atoms with E-state index in [2.05, 4.69) is 20.6 Å². The van der Waals surface area contributed by atoms with Crippen LogP contribution in [0.5, 0.6) is 0 Å². The maximum absolute atomic E-state index is 11.9. The summed E-state index contributed by atoms with van der Waals surface area (Å²) in [5.41, 5.74) is 5.59. The number of H-pyrrole nitrogens is 1. The normalized spacial score (nSPS) is 25.9. The molecule has 82 valence electrons. The molecule has 1 saturated heterocycles. The van der Waals surface area contributed by atoms with Crippen molar-refractivity contribution in [3.8, 4) is 0 Å². The number of carbonyl (C=O) groups excluding carboxylic acids is 1. The first kappa shape index (κ1) is 10.0. The number of carbonyl (C=O) groups is 1. The van der Waals surface area contributed by atoms with Gasteiger partial charge in [-0.15, -0.1) is 10.2 Å². The highest BCUT2D eigenvalue weighted by atomic mass is 16.2. The third kappa shape index (κ3) is 1.82. The first-order valence-corrected chi connectivity index (χ1v) is 4.97. The molecule has 1 fully saturated rings. The highest BCUT2D eigenvalue weighted by molar-refractivity contribution is 5.90. The lowest BCUT2D eigenvalue weighted by Crippen LogP contribution is -2.35. The number of hydrogen-bond acceptors (Lipinski definition) is 5. The number of nitrogens with two attached hydrogens (primary N) is 1. The molecular formula is C8H14N6O. The maximum atomic E-state index is 11.9. The van der Waals surface area contributed by atoms with Gasteiger partial charge in [0.05, 0.1) is 0 Å². The van der Waals surface area contributed by atoms with Gasteiger partial charge in [0, 0.05) is 12.6 Å². The number of amides is 1. The Bertz CT molecular complexity index is 337. The molecule has 7 heteroatoms. The minimum atomic E-state index is -0.174. The average Bonchev–Trinajstić information content (AvgIpc) is 2.85. The fourth-order valence-electron chi connectivity index (χ4n) is 1.98. The van der Waals surface area contributed by atoms with E-state index in [1.807, 2.05) is 6.92 Å². The van der Waals surface area contributed by atoms with Gasteiger partial charge >= 0.3 is 0 Å². The van der Waals surface area contributed by atoms with Crippen LogP contribution in [0.15, 0.2) is 0 Å². The first-order chi connectivity index (χ1) is 7.22. The summed E-state index contributed by atoms with van der Waals surface area (Å²) in [7, 11) is 0. The summed E-state index contributed by atoms with van der Waals surface area (Å²) in [6.07, 6.45) is 0.945. The van der Waals surface area contributed by atoms with E-state index in [4.69, 9.17) is 5.73 Å². The number of aromatic amines is 1. The van der Waals surface area contributed by atoms with Crippen molar-refractivity contribution >= 4 is 5.91 Å². The maximum Gasteiger partial charge on any atom is 0.295 e. The highest BCUT2D eigenvalue weighted by Crippen LogP contribution is 2.22. The molecule has 2 heterocycles. The van der Waals surface area contributed by atoms with Gasteiger partial charge < -0.3 is 10.6 Å². The van der Waals surface area contributed by atoms with Crippen LogP contribution in [0.4, 0.5) is 0 Å². The molecule has 0 saturated carbocycles. The molecule has 7 nitrogen and oxygen atoms in total. The van der Waals surface area contributed by atoms with E-state index >= 15 is 0 Å². The quantitative estimate of drug-likeness (QED) is 0.652. The molecule has 3 N–H and O–H groups in total. The Morgan fingerprint density at radius 2 is 2.53 bits per heavy atom. The Labute approximate surface area is 87.0 Å². The predicted octanol–water partition coefficient (Wildman–Crippen LogP) is -0.991. The zero-order valence-electron chi connectivity index (χ0n) is 8.55. The summed E-state index contributed by atoms with van der Waals surface area (Å²) in [5.74, 6) is 0.336. The van der Waals surface area contributed by atoms with Gasteiger partial charge in [-0.3, -0.25) is 4.79 Å². The van der Waals surface area contributed by atoms with Crippen molar-refractivity contribution in [2.24, 2.45) is 11.7 Å². The van der Waals surface area contributed by atoms with E-state index < -0.39 is 0 Å². The molecule has 0 aromatic carbocycles. The standard InChI is InChI=1S/C8H14N6O/c1-5-2-6(3-9)4-14(5)8(15)7-10-12-13-11-7/h5-6H,2-4,9H2,1H3,(H,10,11,12,13). The highest BCUT2D eigenvalue weighted by Gasteiger charge is 2.33. The van der Waals surface area contributed by atoms with Crippen molar-refractivity contribution < 1.29 is 4.79 Å². The summed E-state index contributed by atoms with van der Waals surface area (Å²) >= 11 is 0. The molecule has 2 unspecified atom stereocenters. The average molecular weight is 210 g/mol. The van der Waals surface area contributed by atoms with E-state index in [-0.39, 0.29) is 17.8 Å². The molecule has 2 rings (SSSR count). The molecule has 15 heavy (non-hydrogen) atoms. The van der Waals surface area contributed by atoms with Crippen molar-refractivity contribution in [1.82, 2.24) is 25.5 Å². The van der Waals surface area contributed by atoms with E-state index in [9.17, 15) is 4.79 Å². The number of tetrazole rings is 1. The Balaban J connectivity index is 2.09. The lowest BCUT2D eigenvalue weighted by Gasteiger charge is -2.19. The van der Waals surface area contributed by atoms with Crippen LogP contribution >= 0.6 is 0 Å². The van der Waals surface area contributed by atoms with Gasteiger partial charge in [-0.25, -0.2) is 0 Å². The predicted molar refractivity (Wildman–Crippen MR) is 51.8 cm³/mol. The molecule has 2 atom stereocenters. The van der Waals surface area contributed by atoms with Crippen LogP contribution in [0.25, 0.3) is 0 Å².